The van der Waals surface area contributed by atoms with Gasteiger partial charge in [-0.05, 0) is 38.3 Å². The highest BCUT2D eigenvalue weighted by Gasteiger charge is 2.55. The van der Waals surface area contributed by atoms with Gasteiger partial charge in [0.2, 0.25) is 0 Å². The molecule has 2 heterocycles. The summed E-state index contributed by atoms with van der Waals surface area (Å²) < 4.78 is 5.85. The molecule has 2 aliphatic rings. The van der Waals surface area contributed by atoms with Gasteiger partial charge < -0.3 is 9.84 Å². The van der Waals surface area contributed by atoms with Crippen molar-refractivity contribution < 1.29 is 9.84 Å². The van der Waals surface area contributed by atoms with Crippen molar-refractivity contribution in [2.75, 3.05) is 19.7 Å². The van der Waals surface area contributed by atoms with Gasteiger partial charge in [-0.1, -0.05) is 20.8 Å². The van der Waals surface area contributed by atoms with Crippen LogP contribution in [-0.4, -0.2) is 46.9 Å². The molecule has 1 aromatic rings. The third-order valence-electron chi connectivity index (χ3n) is 5.55. The van der Waals surface area contributed by atoms with E-state index in [0.717, 1.165) is 45.5 Å². The predicted molar refractivity (Wildman–Crippen MR) is 93.8 cm³/mol. The van der Waals surface area contributed by atoms with Gasteiger partial charge in [-0.25, -0.2) is 4.98 Å². The van der Waals surface area contributed by atoms with Crippen molar-refractivity contribution in [2.45, 2.75) is 71.1 Å². The summed E-state index contributed by atoms with van der Waals surface area (Å²) in [6.07, 6.45) is 5.01. The number of piperidine rings is 1. The van der Waals surface area contributed by atoms with Crippen molar-refractivity contribution in [3.05, 3.63) is 16.1 Å². The van der Waals surface area contributed by atoms with Gasteiger partial charge in [-0.2, -0.15) is 0 Å². The summed E-state index contributed by atoms with van der Waals surface area (Å²) in [4.78, 5) is 8.44. The molecule has 3 rings (SSSR count). The average Bonchev–Trinajstić information content (AvgIpc) is 2.97. The number of hydrogen-bond acceptors (Lipinski definition) is 5. The quantitative estimate of drug-likeness (QED) is 0.916. The van der Waals surface area contributed by atoms with Crippen LogP contribution in [-0.2, 0) is 16.7 Å². The molecule has 0 aromatic carbocycles. The van der Waals surface area contributed by atoms with Crippen molar-refractivity contribution in [3.8, 4) is 0 Å². The van der Waals surface area contributed by atoms with E-state index in [2.05, 4.69) is 30.7 Å². The predicted octanol–water partition coefficient (Wildman–Crippen LogP) is 3.19. The molecule has 4 nitrogen and oxygen atoms in total. The molecule has 1 N–H and O–H groups in total. The van der Waals surface area contributed by atoms with E-state index in [0.29, 0.717) is 0 Å². The van der Waals surface area contributed by atoms with Crippen LogP contribution in [0.15, 0.2) is 6.20 Å². The molecular weight excluding hydrogens is 308 g/mol. The number of aliphatic hydroxyl groups excluding tert-OH is 1. The van der Waals surface area contributed by atoms with E-state index < -0.39 is 0 Å². The molecule has 0 unspecified atom stereocenters. The Bertz CT molecular complexity index is 527. The van der Waals surface area contributed by atoms with Gasteiger partial charge in [0.25, 0.3) is 0 Å². The molecule has 0 radical (unpaired) electrons. The Labute approximate surface area is 143 Å². The number of nitrogens with zero attached hydrogens (tertiary/aromatic N) is 2. The van der Waals surface area contributed by atoms with Crippen LogP contribution in [0.4, 0.5) is 0 Å². The summed E-state index contributed by atoms with van der Waals surface area (Å²) >= 11 is 1.84. The minimum atomic E-state index is -0.173. The van der Waals surface area contributed by atoms with E-state index in [9.17, 15) is 5.11 Å². The lowest BCUT2D eigenvalue weighted by Gasteiger charge is -2.56. The molecule has 1 aromatic heterocycles. The smallest absolute Gasteiger partial charge is 0.107 e. The van der Waals surface area contributed by atoms with Crippen LogP contribution >= 0.6 is 11.3 Å². The maximum Gasteiger partial charge on any atom is 0.107 e. The van der Waals surface area contributed by atoms with E-state index in [1.54, 1.807) is 0 Å². The van der Waals surface area contributed by atoms with Gasteiger partial charge >= 0.3 is 0 Å². The van der Waals surface area contributed by atoms with Crippen molar-refractivity contribution in [1.29, 1.82) is 0 Å². The summed E-state index contributed by atoms with van der Waals surface area (Å²) in [7, 11) is 0. The molecule has 0 amide bonds. The van der Waals surface area contributed by atoms with E-state index >= 15 is 0 Å². The molecule has 1 saturated heterocycles. The lowest BCUT2D eigenvalue weighted by atomic mass is 9.58. The first kappa shape index (κ1) is 17.3. The van der Waals surface area contributed by atoms with Crippen molar-refractivity contribution in [1.82, 2.24) is 9.88 Å². The molecular formula is C18H30N2O2S. The summed E-state index contributed by atoms with van der Waals surface area (Å²) in [5.41, 5.74) is 0.203. The zero-order chi connectivity index (χ0) is 16.7. The van der Waals surface area contributed by atoms with Gasteiger partial charge in [0.05, 0.1) is 18.8 Å². The Balaban J connectivity index is 1.56. The van der Waals surface area contributed by atoms with Crippen molar-refractivity contribution in [2.24, 2.45) is 5.41 Å². The highest BCUT2D eigenvalue weighted by Crippen LogP contribution is 2.51. The summed E-state index contributed by atoms with van der Waals surface area (Å²) in [5.74, 6) is 0. The third-order valence-corrected chi connectivity index (χ3v) is 6.96. The largest absolute Gasteiger partial charge is 0.392 e. The first-order valence-corrected chi connectivity index (χ1v) is 9.64. The Hall–Kier alpha value is -0.490. The summed E-state index contributed by atoms with van der Waals surface area (Å²) in [5, 5.41) is 11.5. The van der Waals surface area contributed by atoms with E-state index in [-0.39, 0.29) is 23.0 Å². The van der Waals surface area contributed by atoms with Crippen molar-refractivity contribution >= 4 is 11.3 Å². The Morgan fingerprint density at radius 1 is 1.39 bits per heavy atom. The van der Waals surface area contributed by atoms with Crippen LogP contribution in [0, 0.1) is 5.41 Å². The second kappa shape index (κ2) is 6.43. The lowest BCUT2D eigenvalue weighted by Crippen LogP contribution is -2.62. The number of aliphatic hydroxyl groups is 1. The van der Waals surface area contributed by atoms with Gasteiger partial charge in [0, 0.05) is 29.5 Å². The monoisotopic (exact) mass is 338 g/mol. The fraction of sp³-hybridized carbons (Fsp3) is 0.833. The van der Waals surface area contributed by atoms with Crippen LogP contribution < -0.4 is 0 Å². The van der Waals surface area contributed by atoms with Crippen LogP contribution in [0.25, 0.3) is 0 Å². The number of hydrogen-bond donors (Lipinski definition) is 1. The van der Waals surface area contributed by atoms with E-state index in [1.807, 2.05) is 24.5 Å². The molecule has 1 aliphatic heterocycles. The molecule has 1 saturated carbocycles. The molecule has 2 fully saturated rings. The first-order chi connectivity index (χ1) is 10.8. The second-order valence-corrected chi connectivity index (χ2v) is 9.19. The number of aromatic nitrogens is 1. The van der Waals surface area contributed by atoms with Gasteiger partial charge in [-0.15, -0.1) is 11.3 Å². The fourth-order valence-corrected chi connectivity index (χ4v) is 4.88. The van der Waals surface area contributed by atoms with Crippen molar-refractivity contribution in [3.63, 3.8) is 0 Å². The van der Waals surface area contributed by atoms with Crippen LogP contribution in [0.5, 0.6) is 0 Å². The van der Waals surface area contributed by atoms with E-state index in [4.69, 9.17) is 4.74 Å². The number of ether oxygens (including phenoxy) is 1. The first-order valence-electron chi connectivity index (χ1n) is 8.82. The molecule has 130 valence electrons. The SMILES string of the molecule is CCO[C@@H]1C[C@@H](O)C12CCN(Cc1ncc(C(C)(C)C)s1)CC2. The fourth-order valence-electron chi connectivity index (χ4n) is 3.87. The summed E-state index contributed by atoms with van der Waals surface area (Å²) in [6.45, 7) is 12.5. The number of likely N-dealkylation sites (tertiary alicyclic amines) is 1. The topological polar surface area (TPSA) is 45.6 Å². The molecule has 23 heavy (non-hydrogen) atoms. The highest BCUT2D eigenvalue weighted by molar-refractivity contribution is 7.11. The average molecular weight is 339 g/mol. The zero-order valence-corrected chi connectivity index (χ0v) is 15.7. The number of rotatable bonds is 4. The van der Waals surface area contributed by atoms with Gasteiger partial charge in [-0.3, -0.25) is 4.90 Å². The van der Waals surface area contributed by atoms with E-state index in [1.165, 1.54) is 9.88 Å². The molecule has 1 spiro atoms. The Morgan fingerprint density at radius 2 is 2.09 bits per heavy atom. The molecule has 1 aliphatic carbocycles. The molecule has 5 heteroatoms. The van der Waals surface area contributed by atoms with Gasteiger partial charge in [0.15, 0.2) is 0 Å². The maximum atomic E-state index is 10.3. The maximum absolute atomic E-state index is 10.3. The lowest BCUT2D eigenvalue weighted by molar-refractivity contribution is -0.209. The van der Waals surface area contributed by atoms with Crippen LogP contribution in [0.1, 0.15) is 56.8 Å². The Morgan fingerprint density at radius 3 is 2.61 bits per heavy atom. The molecule has 2 atom stereocenters. The molecule has 0 bridgehead atoms. The Kier molecular flexibility index (Phi) is 4.85. The minimum absolute atomic E-state index is 0.0198. The zero-order valence-electron chi connectivity index (χ0n) is 14.8. The number of thiazole rings is 1. The summed E-state index contributed by atoms with van der Waals surface area (Å²) in [6, 6.07) is 0. The van der Waals surface area contributed by atoms with Crippen LogP contribution in [0.3, 0.4) is 0 Å². The normalized spacial score (nSPS) is 28.0. The standard InChI is InChI=1S/C18H30N2O2S/c1-5-22-14-10-13(21)18(14)6-8-20(9-7-18)12-16-19-11-15(23-16)17(2,3)4/h11,13-14,21H,5-10,12H2,1-4H3/t13-,14-/m1/s1. The second-order valence-electron chi connectivity index (χ2n) is 8.07. The third kappa shape index (κ3) is 3.34. The van der Waals surface area contributed by atoms with Gasteiger partial charge in [0.1, 0.15) is 5.01 Å². The minimum Gasteiger partial charge on any atom is -0.392 e. The highest BCUT2D eigenvalue weighted by atomic mass is 32.1. The van der Waals surface area contributed by atoms with Crippen LogP contribution in [0.2, 0.25) is 0 Å².